The van der Waals surface area contributed by atoms with Crippen molar-refractivity contribution >= 4 is 5.97 Å². The molecular formula is C20H23NO2. The minimum absolute atomic E-state index is 0.101. The fourth-order valence-electron chi connectivity index (χ4n) is 2.20. The van der Waals surface area contributed by atoms with E-state index in [-0.39, 0.29) is 12.3 Å². The number of nitrogens with zero attached hydrogens (tertiary/aromatic N) is 1. The monoisotopic (exact) mass is 309 g/mol. The third-order valence-electron chi connectivity index (χ3n) is 3.62. The van der Waals surface area contributed by atoms with Gasteiger partial charge >= 0.3 is 5.97 Å². The molecule has 0 fully saturated rings. The molecular weight excluding hydrogens is 286 g/mol. The number of benzene rings is 2. The second kappa shape index (κ2) is 10.2. The van der Waals surface area contributed by atoms with Crippen molar-refractivity contribution in [1.82, 2.24) is 0 Å². The van der Waals surface area contributed by atoms with Crippen molar-refractivity contribution in [1.29, 1.82) is 5.26 Å². The molecule has 23 heavy (non-hydrogen) atoms. The lowest BCUT2D eigenvalue weighted by atomic mass is 9.98. The van der Waals surface area contributed by atoms with Crippen LogP contribution in [0.2, 0.25) is 0 Å². The summed E-state index contributed by atoms with van der Waals surface area (Å²) < 4.78 is 0. The van der Waals surface area contributed by atoms with Crippen LogP contribution in [0.1, 0.15) is 49.7 Å². The maximum atomic E-state index is 10.4. The first kappa shape index (κ1) is 18.4. The molecule has 1 N–H and O–H groups in total. The summed E-state index contributed by atoms with van der Waals surface area (Å²) in [7, 11) is 0. The van der Waals surface area contributed by atoms with Gasteiger partial charge in [-0.05, 0) is 23.0 Å². The molecule has 0 aliphatic carbocycles. The average Bonchev–Trinajstić information content (AvgIpc) is 2.57. The van der Waals surface area contributed by atoms with Crippen LogP contribution in [0.25, 0.3) is 0 Å². The van der Waals surface area contributed by atoms with E-state index in [0.717, 1.165) is 5.56 Å². The van der Waals surface area contributed by atoms with E-state index >= 15 is 0 Å². The molecule has 0 heterocycles. The molecule has 2 aromatic rings. The molecule has 0 saturated carbocycles. The van der Waals surface area contributed by atoms with Gasteiger partial charge in [0.1, 0.15) is 0 Å². The van der Waals surface area contributed by atoms with E-state index in [9.17, 15) is 4.79 Å². The third-order valence-corrected chi connectivity index (χ3v) is 3.62. The van der Waals surface area contributed by atoms with E-state index in [1.807, 2.05) is 55.5 Å². The zero-order valence-electron chi connectivity index (χ0n) is 13.6. The molecule has 0 spiro atoms. The minimum atomic E-state index is -0.744. The highest BCUT2D eigenvalue weighted by atomic mass is 16.4. The largest absolute Gasteiger partial charge is 0.481 e. The standard InChI is InChI=1S/C10H11N.C10H12O2/c1-9(7-8-11)10-5-3-2-4-6-10;1-8(7-10(11)12)9-5-3-2-4-6-9/h2-6,9H,7H2,1H3;2-6,8H,7H2,1H3,(H,11,12). The molecule has 3 nitrogen and oxygen atoms in total. The summed E-state index contributed by atoms with van der Waals surface area (Å²) >= 11 is 0. The van der Waals surface area contributed by atoms with Gasteiger partial charge in [-0.3, -0.25) is 4.79 Å². The number of nitriles is 1. The Bertz CT molecular complexity index is 617. The highest BCUT2D eigenvalue weighted by Crippen LogP contribution is 2.18. The summed E-state index contributed by atoms with van der Waals surface area (Å²) in [5.74, 6) is -0.281. The number of hydrogen-bond acceptors (Lipinski definition) is 2. The second-order valence-corrected chi connectivity index (χ2v) is 5.58. The number of rotatable bonds is 5. The van der Waals surface area contributed by atoms with E-state index in [1.165, 1.54) is 5.56 Å². The minimum Gasteiger partial charge on any atom is -0.481 e. The summed E-state index contributed by atoms with van der Waals surface area (Å²) in [5, 5.41) is 17.0. The quantitative estimate of drug-likeness (QED) is 0.848. The number of aliphatic carboxylic acids is 1. The Morgan fingerprint density at radius 2 is 1.39 bits per heavy atom. The molecule has 0 amide bonds. The lowest BCUT2D eigenvalue weighted by Gasteiger charge is -2.07. The molecule has 0 aliphatic rings. The lowest BCUT2D eigenvalue weighted by Crippen LogP contribution is -2.02. The first-order valence-electron chi connectivity index (χ1n) is 7.73. The van der Waals surface area contributed by atoms with Crippen molar-refractivity contribution in [2.45, 2.75) is 38.5 Å². The number of carboxylic acids is 1. The normalized spacial score (nSPS) is 12.2. The Balaban J connectivity index is 0.000000231. The van der Waals surface area contributed by atoms with Gasteiger partial charge in [0.25, 0.3) is 0 Å². The van der Waals surface area contributed by atoms with Crippen molar-refractivity contribution in [3.63, 3.8) is 0 Å². The van der Waals surface area contributed by atoms with Crippen molar-refractivity contribution in [3.8, 4) is 6.07 Å². The van der Waals surface area contributed by atoms with E-state index < -0.39 is 5.97 Å². The predicted molar refractivity (Wildman–Crippen MR) is 92.2 cm³/mol. The Labute approximate surface area is 138 Å². The molecule has 120 valence electrons. The summed E-state index contributed by atoms with van der Waals surface area (Å²) in [6.07, 6.45) is 0.800. The van der Waals surface area contributed by atoms with Gasteiger partial charge in [-0.2, -0.15) is 5.26 Å². The Morgan fingerprint density at radius 3 is 1.78 bits per heavy atom. The van der Waals surface area contributed by atoms with Crippen LogP contribution in [-0.2, 0) is 4.79 Å². The Morgan fingerprint density at radius 1 is 0.957 bits per heavy atom. The summed E-state index contributed by atoms with van der Waals surface area (Å²) in [4.78, 5) is 10.4. The molecule has 0 saturated heterocycles. The van der Waals surface area contributed by atoms with E-state index in [4.69, 9.17) is 10.4 Å². The molecule has 0 aliphatic heterocycles. The van der Waals surface area contributed by atoms with Crippen molar-refractivity contribution < 1.29 is 9.90 Å². The van der Waals surface area contributed by atoms with Crippen LogP contribution in [0.4, 0.5) is 0 Å². The smallest absolute Gasteiger partial charge is 0.303 e. The molecule has 0 bridgehead atoms. The van der Waals surface area contributed by atoms with Gasteiger partial charge in [-0.1, -0.05) is 74.5 Å². The molecule has 0 radical (unpaired) electrons. The number of carboxylic acid groups (broad SMARTS) is 1. The lowest BCUT2D eigenvalue weighted by molar-refractivity contribution is -0.137. The Kier molecular flexibility index (Phi) is 8.17. The van der Waals surface area contributed by atoms with Crippen molar-refractivity contribution in [2.75, 3.05) is 0 Å². The van der Waals surface area contributed by atoms with E-state index in [1.54, 1.807) is 0 Å². The number of hydrogen-bond donors (Lipinski definition) is 1. The maximum absolute atomic E-state index is 10.4. The molecule has 3 heteroatoms. The third kappa shape index (κ3) is 7.28. The maximum Gasteiger partial charge on any atom is 0.303 e. The van der Waals surface area contributed by atoms with Crippen LogP contribution in [-0.4, -0.2) is 11.1 Å². The first-order chi connectivity index (χ1) is 11.0. The van der Waals surface area contributed by atoms with Crippen LogP contribution >= 0.6 is 0 Å². The van der Waals surface area contributed by atoms with Gasteiger partial charge in [0.15, 0.2) is 0 Å². The van der Waals surface area contributed by atoms with Crippen LogP contribution in [0.15, 0.2) is 60.7 Å². The van der Waals surface area contributed by atoms with Gasteiger partial charge in [-0.25, -0.2) is 0 Å². The SMILES string of the molecule is CC(CC#N)c1ccccc1.CC(CC(=O)O)c1ccccc1. The van der Waals surface area contributed by atoms with Crippen LogP contribution in [0.5, 0.6) is 0 Å². The fraction of sp³-hybridized carbons (Fsp3) is 0.300. The molecule has 0 aromatic heterocycles. The average molecular weight is 309 g/mol. The molecule has 2 unspecified atom stereocenters. The van der Waals surface area contributed by atoms with Gasteiger partial charge in [0.05, 0.1) is 12.5 Å². The topological polar surface area (TPSA) is 61.1 Å². The highest BCUT2D eigenvalue weighted by Gasteiger charge is 2.08. The van der Waals surface area contributed by atoms with Crippen LogP contribution in [0, 0.1) is 11.3 Å². The van der Waals surface area contributed by atoms with E-state index in [2.05, 4.69) is 25.1 Å². The zero-order valence-corrected chi connectivity index (χ0v) is 13.6. The van der Waals surface area contributed by atoms with Gasteiger partial charge in [0, 0.05) is 6.42 Å². The summed E-state index contributed by atoms with van der Waals surface area (Å²) in [6, 6.07) is 22.0. The van der Waals surface area contributed by atoms with Gasteiger partial charge in [0.2, 0.25) is 0 Å². The molecule has 2 rings (SSSR count). The van der Waals surface area contributed by atoms with Crippen molar-refractivity contribution in [2.24, 2.45) is 0 Å². The van der Waals surface area contributed by atoms with Crippen molar-refractivity contribution in [3.05, 3.63) is 71.8 Å². The summed E-state index contributed by atoms with van der Waals surface area (Å²) in [6.45, 7) is 3.99. The van der Waals surface area contributed by atoms with Gasteiger partial charge < -0.3 is 5.11 Å². The molecule has 2 aromatic carbocycles. The Hall–Kier alpha value is -2.60. The number of carbonyl (C=O) groups is 1. The predicted octanol–water partition coefficient (Wildman–Crippen LogP) is 4.97. The second-order valence-electron chi connectivity index (χ2n) is 5.58. The fourth-order valence-corrected chi connectivity index (χ4v) is 2.20. The van der Waals surface area contributed by atoms with Crippen LogP contribution in [0.3, 0.4) is 0 Å². The van der Waals surface area contributed by atoms with Crippen LogP contribution < -0.4 is 0 Å². The first-order valence-corrected chi connectivity index (χ1v) is 7.73. The highest BCUT2D eigenvalue weighted by molar-refractivity contribution is 5.67. The van der Waals surface area contributed by atoms with Gasteiger partial charge in [-0.15, -0.1) is 0 Å². The molecule has 2 atom stereocenters. The summed E-state index contributed by atoms with van der Waals surface area (Å²) in [5.41, 5.74) is 2.33. The van der Waals surface area contributed by atoms with E-state index in [0.29, 0.717) is 12.3 Å². The zero-order chi connectivity index (χ0) is 17.1.